The highest BCUT2D eigenvalue weighted by atomic mass is 19.4. The first-order chi connectivity index (χ1) is 24.5. The number of rotatable bonds is 9. The molecule has 2 aromatic carbocycles. The number of nitrogens with zero attached hydrogens (tertiary/aromatic N) is 6. The molecule has 1 amide bonds. The van der Waals surface area contributed by atoms with E-state index in [1.807, 2.05) is 62.2 Å². The Bertz CT molecular complexity index is 2050. The van der Waals surface area contributed by atoms with Gasteiger partial charge < -0.3 is 14.7 Å². The number of piperazine rings is 1. The number of nitrogens with one attached hydrogen (secondary N) is 1. The molecule has 10 nitrogen and oxygen atoms in total. The van der Waals surface area contributed by atoms with E-state index in [0.29, 0.717) is 62.8 Å². The van der Waals surface area contributed by atoms with E-state index in [1.54, 1.807) is 21.7 Å². The molecule has 0 aliphatic carbocycles. The summed E-state index contributed by atoms with van der Waals surface area (Å²) in [7, 11) is 0. The number of aromatic nitrogens is 4. The number of β-amino-alcohol motifs (C(OH)–C–C–N with tert-alkyl or cyclic N) is 1. The van der Waals surface area contributed by atoms with E-state index in [0.717, 1.165) is 45.2 Å². The zero-order valence-electron chi connectivity index (χ0n) is 29.0. The highest BCUT2D eigenvalue weighted by molar-refractivity contribution is 5.80. The SMILES string of the molecule is Cc1cc(-c2cc3c(Oc4ccc5c(c4)C(C)N(C(=O)Cc4ccc(CN6CCN(CCO)CC6)c(C(F)(F)F)c4)CC5)c(C)cnn3c2)n[nH]1. The zero-order chi connectivity index (χ0) is 35.9. The second-order valence-corrected chi connectivity index (χ2v) is 13.6. The lowest BCUT2D eigenvalue weighted by Gasteiger charge is -2.36. The fourth-order valence-electron chi connectivity index (χ4n) is 7.24. The molecule has 1 atom stereocenters. The minimum Gasteiger partial charge on any atom is -0.455 e. The number of benzene rings is 2. The molecule has 13 heteroatoms. The summed E-state index contributed by atoms with van der Waals surface area (Å²) in [6.07, 6.45) is -0.377. The summed E-state index contributed by atoms with van der Waals surface area (Å²) in [4.78, 5) is 19.5. The lowest BCUT2D eigenvalue weighted by atomic mass is 9.92. The van der Waals surface area contributed by atoms with Crippen LogP contribution in [-0.2, 0) is 30.4 Å². The second-order valence-electron chi connectivity index (χ2n) is 13.6. The molecule has 51 heavy (non-hydrogen) atoms. The quantitative estimate of drug-likeness (QED) is 0.196. The molecule has 2 N–H and O–H groups in total. The van der Waals surface area contributed by atoms with Crippen LogP contribution in [0.3, 0.4) is 0 Å². The number of carbonyl (C=O) groups is 1. The van der Waals surface area contributed by atoms with Gasteiger partial charge in [0.05, 0.1) is 36.5 Å². The molecular formula is C38H42F3N7O3. The van der Waals surface area contributed by atoms with E-state index < -0.39 is 11.7 Å². The minimum absolute atomic E-state index is 0.0646. The van der Waals surface area contributed by atoms with Crippen molar-refractivity contribution >= 4 is 11.4 Å². The van der Waals surface area contributed by atoms with Crippen LogP contribution in [-0.4, -0.2) is 91.4 Å². The molecule has 2 aliphatic rings. The maximum absolute atomic E-state index is 14.3. The average Bonchev–Trinajstić information content (AvgIpc) is 3.74. The number of ether oxygens (including phenoxy) is 1. The monoisotopic (exact) mass is 701 g/mol. The van der Waals surface area contributed by atoms with Gasteiger partial charge in [-0.2, -0.15) is 23.4 Å². The highest BCUT2D eigenvalue weighted by Crippen LogP contribution is 2.38. The highest BCUT2D eigenvalue weighted by Gasteiger charge is 2.35. The number of aliphatic hydroxyl groups is 1. The van der Waals surface area contributed by atoms with E-state index in [9.17, 15) is 23.1 Å². The summed E-state index contributed by atoms with van der Waals surface area (Å²) in [5, 5.41) is 21.0. The number of hydrogen-bond donors (Lipinski definition) is 2. The summed E-state index contributed by atoms with van der Waals surface area (Å²) in [5.74, 6) is 1.05. The lowest BCUT2D eigenvalue weighted by Crippen LogP contribution is -2.46. The molecule has 0 spiro atoms. The zero-order valence-corrected chi connectivity index (χ0v) is 29.0. The van der Waals surface area contributed by atoms with Crippen LogP contribution in [0.4, 0.5) is 13.2 Å². The Labute approximate surface area is 294 Å². The molecule has 2 aliphatic heterocycles. The Hall–Kier alpha value is -4.72. The van der Waals surface area contributed by atoms with Crippen molar-refractivity contribution in [3.05, 3.63) is 100.0 Å². The van der Waals surface area contributed by atoms with Gasteiger partial charge in [0.2, 0.25) is 5.91 Å². The normalized spacial score (nSPS) is 17.2. The van der Waals surface area contributed by atoms with Gasteiger partial charge in [-0.25, -0.2) is 4.52 Å². The third-order valence-corrected chi connectivity index (χ3v) is 10.1. The predicted octanol–water partition coefficient (Wildman–Crippen LogP) is 5.95. The third-order valence-electron chi connectivity index (χ3n) is 10.1. The van der Waals surface area contributed by atoms with E-state index in [1.165, 1.54) is 6.07 Å². The van der Waals surface area contributed by atoms with Crippen molar-refractivity contribution < 1.29 is 27.8 Å². The van der Waals surface area contributed by atoms with Gasteiger partial charge in [-0.1, -0.05) is 18.2 Å². The minimum atomic E-state index is -4.54. The van der Waals surface area contributed by atoms with E-state index in [2.05, 4.69) is 20.2 Å². The van der Waals surface area contributed by atoms with Gasteiger partial charge in [-0.3, -0.25) is 19.7 Å². The van der Waals surface area contributed by atoms with Crippen molar-refractivity contribution in [1.29, 1.82) is 0 Å². The van der Waals surface area contributed by atoms with Gasteiger partial charge in [0, 0.05) is 68.8 Å². The summed E-state index contributed by atoms with van der Waals surface area (Å²) in [6.45, 7) is 9.78. The lowest BCUT2D eigenvalue weighted by molar-refractivity contribution is -0.139. The maximum atomic E-state index is 14.3. The summed E-state index contributed by atoms with van der Waals surface area (Å²) < 4.78 is 51.1. The molecule has 1 saturated heterocycles. The van der Waals surface area contributed by atoms with Crippen molar-refractivity contribution in [1.82, 2.24) is 34.5 Å². The fraction of sp³-hybridized carbons (Fsp3) is 0.395. The Kier molecular flexibility index (Phi) is 9.62. The molecule has 5 heterocycles. The first-order valence-corrected chi connectivity index (χ1v) is 17.3. The third kappa shape index (κ3) is 7.37. The molecule has 1 unspecified atom stereocenters. The second kappa shape index (κ2) is 14.1. The predicted molar refractivity (Wildman–Crippen MR) is 187 cm³/mol. The van der Waals surface area contributed by atoms with Crippen LogP contribution in [0.25, 0.3) is 16.8 Å². The van der Waals surface area contributed by atoms with Crippen LogP contribution >= 0.6 is 0 Å². The summed E-state index contributed by atoms with van der Waals surface area (Å²) in [6, 6.07) is 13.9. The Balaban J connectivity index is 1.06. The number of amides is 1. The van der Waals surface area contributed by atoms with Crippen LogP contribution in [0.15, 0.2) is 60.9 Å². The van der Waals surface area contributed by atoms with Gasteiger partial charge in [0.1, 0.15) is 11.3 Å². The van der Waals surface area contributed by atoms with Crippen LogP contribution in [0.1, 0.15) is 52.0 Å². The van der Waals surface area contributed by atoms with Crippen LogP contribution in [0, 0.1) is 13.8 Å². The van der Waals surface area contributed by atoms with E-state index >= 15 is 0 Å². The molecule has 268 valence electrons. The Morgan fingerprint density at radius 2 is 1.80 bits per heavy atom. The maximum Gasteiger partial charge on any atom is 0.416 e. The van der Waals surface area contributed by atoms with Crippen LogP contribution in [0.5, 0.6) is 11.5 Å². The van der Waals surface area contributed by atoms with Gasteiger partial charge in [-0.15, -0.1) is 0 Å². The molecule has 7 rings (SSSR count). The molecule has 3 aromatic heterocycles. The number of H-pyrrole nitrogens is 1. The topological polar surface area (TPSA) is 102 Å². The number of carbonyl (C=O) groups excluding carboxylic acids is 1. The number of aromatic amines is 1. The first-order valence-electron chi connectivity index (χ1n) is 17.3. The Morgan fingerprint density at radius 1 is 1.02 bits per heavy atom. The number of hydrogen-bond acceptors (Lipinski definition) is 7. The van der Waals surface area contributed by atoms with Crippen molar-refractivity contribution in [3.8, 4) is 22.8 Å². The van der Waals surface area contributed by atoms with Gasteiger partial charge in [0.25, 0.3) is 0 Å². The number of fused-ring (bicyclic) bond motifs is 2. The molecule has 1 fully saturated rings. The number of aliphatic hydroxyl groups excluding tert-OH is 1. The van der Waals surface area contributed by atoms with Crippen molar-refractivity contribution in [2.24, 2.45) is 0 Å². The fourth-order valence-corrected chi connectivity index (χ4v) is 7.24. The number of alkyl halides is 3. The largest absolute Gasteiger partial charge is 0.455 e. The standard InChI is InChI=1S/C38H42F3N7O3/c1-24-21-42-48-23-30(34-16-25(2)43-44-34)19-35(48)37(24)51-31-7-6-28-8-9-47(26(3)32(28)20-31)36(50)18-27-4-5-29(33(17-27)38(39,40)41)22-46-12-10-45(11-13-46)14-15-49/h4-7,16-17,19-21,23,26,49H,8-15,18,22H2,1-3H3,(H,43,44). The molecule has 0 bridgehead atoms. The smallest absolute Gasteiger partial charge is 0.416 e. The van der Waals surface area contributed by atoms with E-state index in [4.69, 9.17) is 4.74 Å². The van der Waals surface area contributed by atoms with E-state index in [-0.39, 0.29) is 37.1 Å². The Morgan fingerprint density at radius 3 is 2.53 bits per heavy atom. The number of halogens is 3. The van der Waals surface area contributed by atoms with Gasteiger partial charge in [0.15, 0.2) is 5.75 Å². The van der Waals surface area contributed by atoms with Crippen LogP contribution in [0.2, 0.25) is 0 Å². The molecular weight excluding hydrogens is 659 g/mol. The molecule has 5 aromatic rings. The van der Waals surface area contributed by atoms with Crippen molar-refractivity contribution in [2.45, 2.75) is 52.4 Å². The van der Waals surface area contributed by atoms with Crippen molar-refractivity contribution in [3.63, 3.8) is 0 Å². The van der Waals surface area contributed by atoms with Gasteiger partial charge in [-0.05, 0) is 79.8 Å². The van der Waals surface area contributed by atoms with Crippen molar-refractivity contribution in [2.75, 3.05) is 45.9 Å². The summed E-state index contributed by atoms with van der Waals surface area (Å²) in [5.41, 5.74) is 6.22. The van der Waals surface area contributed by atoms with Crippen LogP contribution < -0.4 is 4.74 Å². The average molecular weight is 702 g/mol. The first kappa shape index (κ1) is 34.7. The van der Waals surface area contributed by atoms with Gasteiger partial charge >= 0.3 is 6.18 Å². The summed E-state index contributed by atoms with van der Waals surface area (Å²) >= 11 is 0. The molecule has 0 radical (unpaired) electrons. The molecule has 0 saturated carbocycles. The number of aryl methyl sites for hydroxylation is 2.